The molecule has 1 atom stereocenters. The van der Waals surface area contributed by atoms with Gasteiger partial charge in [-0.25, -0.2) is 4.79 Å². The van der Waals surface area contributed by atoms with E-state index in [-0.39, 0.29) is 23.1 Å². The molecule has 0 fully saturated rings. The van der Waals surface area contributed by atoms with Crippen molar-refractivity contribution in [2.45, 2.75) is 110 Å². The highest BCUT2D eigenvalue weighted by molar-refractivity contribution is 6.79. The molecular formula is C23H48O7Si3. The van der Waals surface area contributed by atoms with Crippen molar-refractivity contribution in [3.63, 3.8) is 0 Å². The molecule has 0 radical (unpaired) electrons. The summed E-state index contributed by atoms with van der Waals surface area (Å²) >= 11 is 0. The van der Waals surface area contributed by atoms with Crippen LogP contribution in [0.15, 0.2) is 12.2 Å². The van der Waals surface area contributed by atoms with Crippen LogP contribution < -0.4 is 0 Å². The number of carboxylic acid groups (broad SMARTS) is 1. The van der Waals surface area contributed by atoms with Gasteiger partial charge >= 0.3 is 11.9 Å². The van der Waals surface area contributed by atoms with E-state index in [0.717, 1.165) is 6.04 Å². The van der Waals surface area contributed by atoms with Gasteiger partial charge in [-0.05, 0) is 66.1 Å². The first kappa shape index (κ1) is 32.2. The number of hydrogen-bond donors (Lipinski definition) is 1. The Labute approximate surface area is 204 Å². The first-order chi connectivity index (χ1) is 14.9. The third-order valence-electron chi connectivity index (χ3n) is 6.21. The molecule has 0 rings (SSSR count). The number of carbonyl (C=O) groups excluding carboxylic acids is 1. The lowest BCUT2D eigenvalue weighted by Crippen LogP contribution is -2.62. The third-order valence-corrected chi connectivity index (χ3v) is 16.2. The molecule has 1 N–H and O–H groups in total. The largest absolute Gasteiger partial charge is 0.481 e. The van der Waals surface area contributed by atoms with Crippen molar-refractivity contribution in [3.05, 3.63) is 12.2 Å². The Balaban J connectivity index is 4.73. The molecule has 0 aromatic heterocycles. The number of unbranched alkanes of at least 4 members (excludes halogenated alkanes) is 1. The second-order valence-electron chi connectivity index (χ2n) is 10.9. The van der Waals surface area contributed by atoms with Gasteiger partial charge in [-0.15, -0.1) is 0 Å². The van der Waals surface area contributed by atoms with Crippen LogP contribution in [0.4, 0.5) is 0 Å². The smallest absolute Gasteiger partial charge is 0.333 e. The SMILES string of the molecule is C=C(CC(=O)O)C(=O)OCCCO[Si](C)(C)C(C)O[Si](C)(C)C(C)(C)O[Si](C)(C)CCCC. The molecule has 0 aromatic carbocycles. The summed E-state index contributed by atoms with van der Waals surface area (Å²) in [5.74, 6) is -1.78. The van der Waals surface area contributed by atoms with Crippen LogP contribution in [0.25, 0.3) is 0 Å². The van der Waals surface area contributed by atoms with Crippen LogP contribution in [-0.2, 0) is 27.6 Å². The van der Waals surface area contributed by atoms with Crippen molar-refractivity contribution in [1.82, 2.24) is 0 Å². The Morgan fingerprint density at radius 3 is 2.12 bits per heavy atom. The van der Waals surface area contributed by atoms with Crippen LogP contribution >= 0.6 is 0 Å². The van der Waals surface area contributed by atoms with E-state index in [1.165, 1.54) is 12.8 Å². The summed E-state index contributed by atoms with van der Waals surface area (Å²) in [7, 11) is -6.14. The van der Waals surface area contributed by atoms with Crippen molar-refractivity contribution >= 4 is 36.9 Å². The van der Waals surface area contributed by atoms with Gasteiger partial charge in [-0.1, -0.05) is 26.3 Å². The van der Waals surface area contributed by atoms with Gasteiger partial charge in [0.1, 0.15) is 0 Å². The summed E-state index contributed by atoms with van der Waals surface area (Å²) in [6.07, 6.45) is 2.50. The van der Waals surface area contributed by atoms with Crippen molar-refractivity contribution in [2.75, 3.05) is 13.2 Å². The van der Waals surface area contributed by atoms with Crippen LogP contribution in [0, 0.1) is 0 Å². The fourth-order valence-corrected chi connectivity index (χ4v) is 11.8. The van der Waals surface area contributed by atoms with E-state index in [0.29, 0.717) is 13.0 Å². The van der Waals surface area contributed by atoms with Crippen LogP contribution in [0.3, 0.4) is 0 Å². The minimum Gasteiger partial charge on any atom is -0.481 e. The van der Waals surface area contributed by atoms with Gasteiger partial charge in [-0.2, -0.15) is 0 Å². The molecule has 0 aliphatic heterocycles. The van der Waals surface area contributed by atoms with Crippen molar-refractivity contribution in [1.29, 1.82) is 0 Å². The molecule has 33 heavy (non-hydrogen) atoms. The first-order valence-corrected chi connectivity index (χ1v) is 21.0. The molecule has 0 aliphatic carbocycles. The number of carbonyl (C=O) groups is 2. The van der Waals surface area contributed by atoms with E-state index >= 15 is 0 Å². The van der Waals surface area contributed by atoms with Gasteiger partial charge in [-0.3, -0.25) is 4.79 Å². The van der Waals surface area contributed by atoms with Crippen molar-refractivity contribution in [2.24, 2.45) is 0 Å². The Morgan fingerprint density at radius 2 is 1.61 bits per heavy atom. The zero-order valence-electron chi connectivity index (χ0n) is 22.6. The minimum atomic E-state index is -2.21. The third kappa shape index (κ3) is 11.9. The minimum absolute atomic E-state index is 0.0136. The topological polar surface area (TPSA) is 91.3 Å². The second-order valence-corrected chi connectivity index (χ2v) is 23.9. The maximum atomic E-state index is 11.7. The Bertz CT molecular complexity index is 660. The summed E-state index contributed by atoms with van der Waals surface area (Å²) in [6, 6.07) is 1.16. The Hall–Kier alpha value is -0.789. The van der Waals surface area contributed by atoms with Gasteiger partial charge in [0, 0.05) is 18.6 Å². The summed E-state index contributed by atoms with van der Waals surface area (Å²) < 4.78 is 24.7. The first-order valence-electron chi connectivity index (χ1n) is 12.0. The number of ether oxygens (including phenoxy) is 1. The van der Waals surface area contributed by atoms with Gasteiger partial charge in [0.05, 0.1) is 24.0 Å². The molecule has 10 heteroatoms. The number of aliphatic carboxylic acids is 1. The lowest BCUT2D eigenvalue weighted by atomic mass is 10.2. The maximum Gasteiger partial charge on any atom is 0.333 e. The summed E-state index contributed by atoms with van der Waals surface area (Å²) in [5.41, 5.74) is -0.0709. The monoisotopic (exact) mass is 520 g/mol. The normalized spacial score (nSPS) is 14.1. The van der Waals surface area contributed by atoms with E-state index in [1.54, 1.807) is 0 Å². The average molecular weight is 521 g/mol. The van der Waals surface area contributed by atoms with Gasteiger partial charge in [0.2, 0.25) is 16.6 Å². The highest BCUT2D eigenvalue weighted by Gasteiger charge is 2.48. The van der Waals surface area contributed by atoms with E-state index in [2.05, 4.69) is 73.6 Å². The molecule has 194 valence electrons. The van der Waals surface area contributed by atoms with Crippen LogP contribution in [0.1, 0.15) is 53.4 Å². The predicted octanol–water partition coefficient (Wildman–Crippen LogP) is 5.66. The molecule has 0 heterocycles. The zero-order valence-corrected chi connectivity index (χ0v) is 25.6. The highest BCUT2D eigenvalue weighted by Crippen LogP contribution is 2.33. The summed E-state index contributed by atoms with van der Waals surface area (Å²) in [6.45, 7) is 26.0. The second kappa shape index (κ2) is 13.3. The summed E-state index contributed by atoms with van der Waals surface area (Å²) in [5, 5.41) is 8.40. The number of rotatable bonds is 17. The molecule has 0 spiro atoms. The van der Waals surface area contributed by atoms with E-state index < -0.39 is 43.3 Å². The fourth-order valence-electron chi connectivity index (χ4n) is 3.23. The highest BCUT2D eigenvalue weighted by atomic mass is 28.4. The lowest BCUT2D eigenvalue weighted by Gasteiger charge is -2.46. The number of carboxylic acids is 1. The van der Waals surface area contributed by atoms with Gasteiger partial charge in [0.25, 0.3) is 0 Å². The molecule has 0 bridgehead atoms. The van der Waals surface area contributed by atoms with Crippen LogP contribution in [-0.4, -0.2) is 66.2 Å². The van der Waals surface area contributed by atoms with E-state index in [1.807, 2.05) is 0 Å². The molecule has 0 amide bonds. The van der Waals surface area contributed by atoms with Gasteiger partial charge in [0.15, 0.2) is 8.32 Å². The zero-order chi connectivity index (χ0) is 26.1. The molecule has 0 saturated carbocycles. The lowest BCUT2D eigenvalue weighted by molar-refractivity contribution is -0.143. The molecule has 0 aliphatic rings. The van der Waals surface area contributed by atoms with E-state index in [4.69, 9.17) is 23.1 Å². The van der Waals surface area contributed by atoms with Crippen LogP contribution in [0.5, 0.6) is 0 Å². The van der Waals surface area contributed by atoms with Crippen LogP contribution in [0.2, 0.25) is 45.3 Å². The maximum absolute atomic E-state index is 11.7. The fraction of sp³-hybridized carbons (Fsp3) is 0.826. The van der Waals surface area contributed by atoms with Crippen molar-refractivity contribution in [3.8, 4) is 0 Å². The molecule has 7 nitrogen and oxygen atoms in total. The molecule has 0 aromatic rings. The Morgan fingerprint density at radius 1 is 1.03 bits per heavy atom. The quantitative estimate of drug-likeness (QED) is 0.114. The summed E-state index contributed by atoms with van der Waals surface area (Å²) in [4.78, 5) is 22.3. The average Bonchev–Trinajstić information content (AvgIpc) is 2.63. The number of hydrogen-bond acceptors (Lipinski definition) is 6. The molecular weight excluding hydrogens is 473 g/mol. The molecule has 0 saturated heterocycles. The standard InChI is InChI=1S/C23H48O7Si3/c1-12-13-17-31(6,7)30-23(4,5)33(10,11)29-20(3)32(8,9)28-16-14-15-27-22(26)19(2)18-21(24)25/h20H,2,12-18H2,1,3-11H3,(H,24,25). The number of esters is 1. The Kier molecular flexibility index (Phi) is 13.0. The predicted molar refractivity (Wildman–Crippen MR) is 141 cm³/mol. The van der Waals surface area contributed by atoms with E-state index in [9.17, 15) is 9.59 Å². The molecule has 1 unspecified atom stereocenters. The van der Waals surface area contributed by atoms with Crippen molar-refractivity contribution < 1.29 is 32.7 Å². The van der Waals surface area contributed by atoms with Gasteiger partial charge < -0.3 is 23.1 Å².